The van der Waals surface area contributed by atoms with Crippen molar-refractivity contribution in [3.63, 3.8) is 0 Å². The maximum Gasteiger partial charge on any atom is 0.255 e. The molecule has 1 N–H and O–H groups in total. The molecule has 7 heteroatoms. The van der Waals surface area contributed by atoms with E-state index in [1.807, 2.05) is 26.8 Å². The molecule has 2 aromatic carbocycles. The number of carbonyl (C=O) groups is 1. The highest BCUT2D eigenvalue weighted by molar-refractivity contribution is 6.31. The highest BCUT2D eigenvalue weighted by Crippen LogP contribution is 2.30. The maximum absolute atomic E-state index is 12.6. The highest BCUT2D eigenvalue weighted by atomic mass is 35.5. The summed E-state index contributed by atoms with van der Waals surface area (Å²) >= 11 is 6.11. The molecule has 0 aliphatic rings. The number of anilines is 1. The van der Waals surface area contributed by atoms with Crippen LogP contribution in [0.15, 0.2) is 40.9 Å². The van der Waals surface area contributed by atoms with Gasteiger partial charge in [-0.1, -0.05) is 22.8 Å². The molecule has 0 atom stereocenters. The number of nitrogens with one attached hydrogen (secondary N) is 1. The van der Waals surface area contributed by atoms with Crippen LogP contribution in [0.4, 0.5) is 5.69 Å². The molecule has 6 nitrogen and oxygen atoms in total. The molecular formula is C21H21ClN2O4. The Labute approximate surface area is 168 Å². The van der Waals surface area contributed by atoms with E-state index in [0.717, 1.165) is 16.8 Å². The average molecular weight is 401 g/mol. The van der Waals surface area contributed by atoms with Crippen LogP contribution in [0.2, 0.25) is 5.02 Å². The lowest BCUT2D eigenvalue weighted by molar-refractivity contribution is 0.102. The lowest BCUT2D eigenvalue weighted by Gasteiger charge is -2.12. The number of carbonyl (C=O) groups excluding carboxylic acids is 1. The summed E-state index contributed by atoms with van der Waals surface area (Å²) in [6.45, 7) is 5.89. The summed E-state index contributed by atoms with van der Waals surface area (Å²) in [5, 5.41) is 7.33. The molecular weight excluding hydrogens is 380 g/mol. The second-order valence-electron chi connectivity index (χ2n) is 6.38. The van der Waals surface area contributed by atoms with Gasteiger partial charge in [0.25, 0.3) is 5.91 Å². The summed E-state index contributed by atoms with van der Waals surface area (Å²) in [6, 6.07) is 10.4. The molecule has 0 saturated heterocycles. The van der Waals surface area contributed by atoms with E-state index < -0.39 is 0 Å². The van der Waals surface area contributed by atoms with Crippen LogP contribution in [0, 0.1) is 20.8 Å². The molecule has 1 heterocycles. The fourth-order valence-corrected chi connectivity index (χ4v) is 2.84. The number of ether oxygens (including phenoxy) is 2. The first-order valence-electron chi connectivity index (χ1n) is 8.69. The highest BCUT2D eigenvalue weighted by Gasteiger charge is 2.14. The fraction of sp³-hybridized carbons (Fsp3) is 0.238. The number of rotatable bonds is 6. The number of methoxy groups -OCH3 is 1. The van der Waals surface area contributed by atoms with Gasteiger partial charge >= 0.3 is 0 Å². The molecule has 146 valence electrons. The number of aromatic nitrogens is 1. The molecule has 0 fully saturated rings. The molecule has 0 aliphatic carbocycles. The van der Waals surface area contributed by atoms with Gasteiger partial charge in [-0.2, -0.15) is 0 Å². The molecule has 0 saturated carbocycles. The van der Waals surface area contributed by atoms with Crippen molar-refractivity contribution in [2.45, 2.75) is 27.4 Å². The zero-order valence-corrected chi connectivity index (χ0v) is 16.9. The van der Waals surface area contributed by atoms with E-state index in [4.69, 9.17) is 25.6 Å². The van der Waals surface area contributed by atoms with Crippen molar-refractivity contribution in [3.8, 4) is 11.5 Å². The predicted molar refractivity (Wildman–Crippen MR) is 107 cm³/mol. The van der Waals surface area contributed by atoms with Crippen LogP contribution in [0.3, 0.4) is 0 Å². The predicted octanol–water partition coefficient (Wildman–Crippen LogP) is 5.09. The van der Waals surface area contributed by atoms with E-state index in [1.165, 1.54) is 7.11 Å². The minimum atomic E-state index is -0.268. The Bertz CT molecular complexity index is 994. The van der Waals surface area contributed by atoms with Crippen LogP contribution < -0.4 is 14.8 Å². The first-order valence-corrected chi connectivity index (χ1v) is 9.07. The summed E-state index contributed by atoms with van der Waals surface area (Å²) < 4.78 is 16.4. The normalized spacial score (nSPS) is 10.6. The Balaban J connectivity index is 1.74. The lowest BCUT2D eigenvalue weighted by Crippen LogP contribution is -2.12. The number of benzene rings is 2. The van der Waals surface area contributed by atoms with Crippen molar-refractivity contribution in [2.75, 3.05) is 12.4 Å². The van der Waals surface area contributed by atoms with E-state index in [0.29, 0.717) is 40.1 Å². The average Bonchev–Trinajstić information content (AvgIpc) is 3.00. The van der Waals surface area contributed by atoms with Crippen molar-refractivity contribution >= 4 is 23.2 Å². The van der Waals surface area contributed by atoms with E-state index in [9.17, 15) is 4.79 Å². The van der Waals surface area contributed by atoms with Gasteiger partial charge < -0.3 is 19.3 Å². The number of halogens is 1. The Morgan fingerprint density at radius 2 is 1.93 bits per heavy atom. The van der Waals surface area contributed by atoms with Crippen LogP contribution in [0.5, 0.6) is 11.5 Å². The largest absolute Gasteiger partial charge is 0.493 e. The van der Waals surface area contributed by atoms with Crippen LogP contribution in [0.1, 0.15) is 32.9 Å². The Morgan fingerprint density at radius 1 is 1.14 bits per heavy atom. The van der Waals surface area contributed by atoms with Gasteiger partial charge in [0.05, 0.1) is 18.4 Å². The first kappa shape index (κ1) is 19.8. The first-order chi connectivity index (χ1) is 13.4. The molecule has 0 spiro atoms. The summed E-state index contributed by atoms with van der Waals surface area (Å²) in [5.41, 5.74) is 3.68. The van der Waals surface area contributed by atoms with Crippen molar-refractivity contribution in [1.82, 2.24) is 5.16 Å². The number of aryl methyl sites for hydroxylation is 3. The van der Waals surface area contributed by atoms with Gasteiger partial charge in [-0.05, 0) is 56.7 Å². The fourth-order valence-electron chi connectivity index (χ4n) is 2.66. The van der Waals surface area contributed by atoms with Crippen molar-refractivity contribution in [1.29, 1.82) is 0 Å². The summed E-state index contributed by atoms with van der Waals surface area (Å²) in [4.78, 5) is 12.6. The Hall–Kier alpha value is -2.99. The molecule has 1 aromatic heterocycles. The molecule has 1 amide bonds. The number of hydrogen-bond acceptors (Lipinski definition) is 5. The van der Waals surface area contributed by atoms with Crippen LogP contribution in [-0.4, -0.2) is 18.2 Å². The van der Waals surface area contributed by atoms with Crippen LogP contribution >= 0.6 is 11.6 Å². The van der Waals surface area contributed by atoms with E-state index in [2.05, 4.69) is 10.5 Å². The smallest absolute Gasteiger partial charge is 0.255 e. The zero-order valence-electron chi connectivity index (χ0n) is 16.1. The van der Waals surface area contributed by atoms with Crippen molar-refractivity contribution in [3.05, 3.63) is 69.6 Å². The Morgan fingerprint density at radius 3 is 2.57 bits per heavy atom. The van der Waals surface area contributed by atoms with Gasteiger partial charge in [-0.3, -0.25) is 4.79 Å². The van der Waals surface area contributed by atoms with E-state index in [1.54, 1.807) is 30.3 Å². The number of amides is 1. The summed E-state index contributed by atoms with van der Waals surface area (Å²) in [6.07, 6.45) is 0. The second-order valence-corrected chi connectivity index (χ2v) is 6.78. The lowest BCUT2D eigenvalue weighted by atomic mass is 10.1. The minimum absolute atomic E-state index is 0.268. The third kappa shape index (κ3) is 4.28. The van der Waals surface area contributed by atoms with Crippen molar-refractivity contribution < 1.29 is 18.8 Å². The molecule has 3 aromatic rings. The molecule has 0 aliphatic heterocycles. The van der Waals surface area contributed by atoms with Gasteiger partial charge in [0.1, 0.15) is 12.4 Å². The van der Waals surface area contributed by atoms with Crippen LogP contribution in [-0.2, 0) is 6.61 Å². The monoisotopic (exact) mass is 400 g/mol. The molecule has 0 unspecified atom stereocenters. The number of hydrogen-bond donors (Lipinski definition) is 1. The molecule has 3 rings (SSSR count). The standard InChI is InChI=1S/C21H21ClN2O4/c1-12-5-7-16(10-18(12)22)23-21(25)15-6-8-19(20(9-15)26-4)27-11-17-13(2)24-28-14(17)3/h5-10H,11H2,1-4H3,(H,23,25). The Kier molecular flexibility index (Phi) is 5.90. The minimum Gasteiger partial charge on any atom is -0.493 e. The topological polar surface area (TPSA) is 73.6 Å². The van der Waals surface area contributed by atoms with Gasteiger partial charge in [0.15, 0.2) is 11.5 Å². The van der Waals surface area contributed by atoms with E-state index >= 15 is 0 Å². The van der Waals surface area contributed by atoms with Crippen LogP contribution in [0.25, 0.3) is 0 Å². The van der Waals surface area contributed by atoms with Crippen molar-refractivity contribution in [2.24, 2.45) is 0 Å². The van der Waals surface area contributed by atoms with Gasteiger partial charge in [-0.25, -0.2) is 0 Å². The molecule has 0 radical (unpaired) electrons. The zero-order chi connectivity index (χ0) is 20.3. The SMILES string of the molecule is COc1cc(C(=O)Nc2ccc(C)c(Cl)c2)ccc1OCc1c(C)noc1C. The van der Waals surface area contributed by atoms with Gasteiger partial charge in [-0.15, -0.1) is 0 Å². The third-order valence-corrected chi connectivity index (χ3v) is 4.82. The second kappa shape index (κ2) is 8.35. The summed E-state index contributed by atoms with van der Waals surface area (Å²) in [7, 11) is 1.53. The molecule has 0 bridgehead atoms. The third-order valence-electron chi connectivity index (χ3n) is 4.41. The number of nitrogens with zero attached hydrogens (tertiary/aromatic N) is 1. The summed E-state index contributed by atoms with van der Waals surface area (Å²) in [5.74, 6) is 1.43. The van der Waals surface area contributed by atoms with Gasteiger partial charge in [0.2, 0.25) is 0 Å². The van der Waals surface area contributed by atoms with Gasteiger partial charge in [0, 0.05) is 16.3 Å². The molecule has 28 heavy (non-hydrogen) atoms. The maximum atomic E-state index is 12.6. The van der Waals surface area contributed by atoms with E-state index in [-0.39, 0.29) is 5.91 Å². The quantitative estimate of drug-likeness (QED) is 0.623.